The lowest BCUT2D eigenvalue weighted by atomic mass is 10.0. The zero-order valence-corrected chi connectivity index (χ0v) is 12.0. The van der Waals surface area contributed by atoms with E-state index in [-0.39, 0.29) is 5.91 Å². The van der Waals surface area contributed by atoms with Gasteiger partial charge in [-0.05, 0) is 19.9 Å². The van der Waals surface area contributed by atoms with Crippen molar-refractivity contribution >= 4 is 22.8 Å². The van der Waals surface area contributed by atoms with Gasteiger partial charge in [0, 0.05) is 31.2 Å². The molecular formula is C15H18N2O3. The molecule has 0 unspecified atom stereocenters. The van der Waals surface area contributed by atoms with Crippen LogP contribution in [0.3, 0.4) is 0 Å². The monoisotopic (exact) mass is 274 g/mol. The number of amides is 1. The van der Waals surface area contributed by atoms with Crippen molar-refractivity contribution in [1.82, 2.24) is 9.47 Å². The number of rotatable bonds is 3. The van der Waals surface area contributed by atoms with Gasteiger partial charge in [0.15, 0.2) is 0 Å². The van der Waals surface area contributed by atoms with E-state index >= 15 is 0 Å². The van der Waals surface area contributed by atoms with Gasteiger partial charge in [0.2, 0.25) is 0 Å². The third kappa shape index (κ3) is 2.05. The van der Waals surface area contributed by atoms with Gasteiger partial charge in [-0.25, -0.2) is 4.79 Å². The second-order valence-electron chi connectivity index (χ2n) is 5.40. The average molecular weight is 274 g/mol. The molecule has 0 saturated carbocycles. The van der Waals surface area contributed by atoms with Gasteiger partial charge in [-0.15, -0.1) is 0 Å². The van der Waals surface area contributed by atoms with Gasteiger partial charge in [-0.3, -0.25) is 4.79 Å². The first-order valence-corrected chi connectivity index (χ1v) is 6.32. The smallest absolute Gasteiger partial charge is 0.329 e. The molecule has 1 amide bonds. The fraction of sp³-hybridized carbons (Fsp3) is 0.333. The van der Waals surface area contributed by atoms with Crippen LogP contribution in [0.15, 0.2) is 30.5 Å². The molecule has 5 nitrogen and oxygen atoms in total. The highest BCUT2D eigenvalue weighted by atomic mass is 16.4. The maximum Gasteiger partial charge on any atom is 0.329 e. The lowest BCUT2D eigenvalue weighted by Crippen LogP contribution is -2.50. The Balaban J connectivity index is 2.50. The standard InChI is InChI=1S/C15H18N2O3/c1-15(2,14(19)20)17(4)13(18)11-9-16(3)12-8-6-5-7-10(11)12/h5-9H,1-4H3,(H,19,20). The van der Waals surface area contributed by atoms with Crippen LogP contribution in [0.2, 0.25) is 0 Å². The quantitative estimate of drug-likeness (QED) is 0.932. The second kappa shape index (κ2) is 4.67. The van der Waals surface area contributed by atoms with Crippen LogP contribution in [0, 0.1) is 0 Å². The molecule has 106 valence electrons. The lowest BCUT2D eigenvalue weighted by molar-refractivity contribution is -0.147. The van der Waals surface area contributed by atoms with Crippen LogP contribution in [0.5, 0.6) is 0 Å². The first kappa shape index (κ1) is 14.1. The van der Waals surface area contributed by atoms with Crippen LogP contribution in [0.4, 0.5) is 0 Å². The van der Waals surface area contributed by atoms with Crippen molar-refractivity contribution in [1.29, 1.82) is 0 Å². The molecule has 2 aromatic rings. The van der Waals surface area contributed by atoms with Crippen molar-refractivity contribution < 1.29 is 14.7 Å². The van der Waals surface area contributed by atoms with Crippen molar-refractivity contribution in [2.24, 2.45) is 7.05 Å². The van der Waals surface area contributed by atoms with E-state index in [1.54, 1.807) is 6.20 Å². The predicted octanol–water partition coefficient (Wildman–Crippen LogP) is 2.11. The fourth-order valence-corrected chi connectivity index (χ4v) is 2.09. The zero-order valence-electron chi connectivity index (χ0n) is 12.0. The second-order valence-corrected chi connectivity index (χ2v) is 5.40. The predicted molar refractivity (Wildman–Crippen MR) is 76.7 cm³/mol. The molecule has 1 aromatic heterocycles. The van der Waals surface area contributed by atoms with Crippen molar-refractivity contribution in [3.05, 3.63) is 36.0 Å². The summed E-state index contributed by atoms with van der Waals surface area (Å²) < 4.78 is 1.87. The summed E-state index contributed by atoms with van der Waals surface area (Å²) in [7, 11) is 3.37. The van der Waals surface area contributed by atoms with E-state index in [1.165, 1.54) is 25.8 Å². The van der Waals surface area contributed by atoms with Crippen LogP contribution >= 0.6 is 0 Å². The topological polar surface area (TPSA) is 62.5 Å². The molecule has 1 N–H and O–H groups in total. The molecule has 0 spiro atoms. The number of para-hydroxylation sites is 1. The molecule has 0 saturated heterocycles. The average Bonchev–Trinajstić information content (AvgIpc) is 2.75. The molecule has 0 aliphatic rings. The van der Waals surface area contributed by atoms with Crippen molar-refractivity contribution in [3.63, 3.8) is 0 Å². The summed E-state index contributed by atoms with van der Waals surface area (Å²) in [5.74, 6) is -1.33. The third-order valence-corrected chi connectivity index (χ3v) is 3.79. The summed E-state index contributed by atoms with van der Waals surface area (Å²) in [5.41, 5.74) is 0.200. The highest BCUT2D eigenvalue weighted by Crippen LogP contribution is 2.24. The van der Waals surface area contributed by atoms with E-state index in [0.717, 1.165) is 10.9 Å². The number of benzene rings is 1. The number of likely N-dealkylation sites (N-methyl/N-ethyl adjacent to an activating group) is 1. The molecule has 1 aromatic carbocycles. The Kier molecular flexibility index (Phi) is 3.29. The van der Waals surface area contributed by atoms with E-state index in [2.05, 4.69) is 0 Å². The number of aryl methyl sites for hydroxylation is 1. The Hall–Kier alpha value is -2.30. The molecule has 1 heterocycles. The highest BCUT2D eigenvalue weighted by Gasteiger charge is 2.36. The maximum atomic E-state index is 12.6. The number of aliphatic carboxylic acids is 1. The number of fused-ring (bicyclic) bond motifs is 1. The van der Waals surface area contributed by atoms with E-state index in [4.69, 9.17) is 0 Å². The summed E-state index contributed by atoms with van der Waals surface area (Å²) >= 11 is 0. The minimum absolute atomic E-state index is 0.297. The van der Waals surface area contributed by atoms with Crippen LogP contribution in [-0.4, -0.2) is 39.0 Å². The molecule has 2 rings (SSSR count). The molecule has 0 bridgehead atoms. The largest absolute Gasteiger partial charge is 0.480 e. The van der Waals surface area contributed by atoms with Crippen molar-refractivity contribution in [2.45, 2.75) is 19.4 Å². The number of hydrogen-bond donors (Lipinski definition) is 1. The Morgan fingerprint density at radius 2 is 1.85 bits per heavy atom. The number of carbonyl (C=O) groups is 2. The van der Waals surface area contributed by atoms with Gasteiger partial charge >= 0.3 is 5.97 Å². The number of carbonyl (C=O) groups excluding carboxylic acids is 1. The van der Waals surface area contributed by atoms with Crippen LogP contribution in [-0.2, 0) is 11.8 Å². The van der Waals surface area contributed by atoms with Gasteiger partial charge in [0.25, 0.3) is 5.91 Å². The normalized spacial score (nSPS) is 11.6. The van der Waals surface area contributed by atoms with Gasteiger partial charge in [0.05, 0.1) is 5.56 Å². The fourth-order valence-electron chi connectivity index (χ4n) is 2.09. The number of carboxylic acids is 1. The van der Waals surface area contributed by atoms with E-state index in [0.29, 0.717) is 5.56 Å². The molecular weight excluding hydrogens is 256 g/mol. The Morgan fingerprint density at radius 1 is 1.25 bits per heavy atom. The summed E-state index contributed by atoms with van der Waals surface area (Å²) in [6, 6.07) is 7.56. The maximum absolute atomic E-state index is 12.6. The Bertz CT molecular complexity index is 685. The zero-order chi connectivity index (χ0) is 15.1. The lowest BCUT2D eigenvalue weighted by Gasteiger charge is -2.31. The van der Waals surface area contributed by atoms with Gasteiger partial charge in [-0.1, -0.05) is 18.2 Å². The summed E-state index contributed by atoms with van der Waals surface area (Å²) in [6.07, 6.45) is 1.74. The summed E-state index contributed by atoms with van der Waals surface area (Å²) in [6.45, 7) is 3.02. The first-order chi connectivity index (χ1) is 9.26. The summed E-state index contributed by atoms with van der Waals surface area (Å²) in [4.78, 5) is 25.1. The Labute approximate surface area is 117 Å². The number of carboxylic acid groups (broad SMARTS) is 1. The minimum atomic E-state index is -1.26. The molecule has 0 aliphatic heterocycles. The van der Waals surface area contributed by atoms with Gasteiger partial charge < -0.3 is 14.6 Å². The Morgan fingerprint density at radius 3 is 2.45 bits per heavy atom. The SMILES string of the molecule is CN(C(=O)c1cn(C)c2ccccc12)C(C)(C)C(=O)O. The number of aromatic nitrogens is 1. The minimum Gasteiger partial charge on any atom is -0.480 e. The van der Waals surface area contributed by atoms with E-state index < -0.39 is 11.5 Å². The van der Waals surface area contributed by atoms with Crippen molar-refractivity contribution in [2.75, 3.05) is 7.05 Å². The highest BCUT2D eigenvalue weighted by molar-refractivity contribution is 6.08. The molecule has 0 fully saturated rings. The number of nitrogens with zero attached hydrogens (tertiary/aromatic N) is 2. The molecule has 0 aliphatic carbocycles. The third-order valence-electron chi connectivity index (χ3n) is 3.79. The van der Waals surface area contributed by atoms with Gasteiger partial charge in [-0.2, -0.15) is 0 Å². The number of hydrogen-bond acceptors (Lipinski definition) is 2. The van der Waals surface area contributed by atoms with E-state index in [9.17, 15) is 14.7 Å². The van der Waals surface area contributed by atoms with Crippen LogP contribution < -0.4 is 0 Å². The van der Waals surface area contributed by atoms with Gasteiger partial charge in [0.1, 0.15) is 5.54 Å². The summed E-state index contributed by atoms with van der Waals surface area (Å²) in [5, 5.41) is 10.1. The molecule has 0 atom stereocenters. The first-order valence-electron chi connectivity index (χ1n) is 6.32. The molecule has 20 heavy (non-hydrogen) atoms. The van der Waals surface area contributed by atoms with Crippen molar-refractivity contribution in [3.8, 4) is 0 Å². The van der Waals surface area contributed by atoms with E-state index in [1.807, 2.05) is 35.9 Å². The van der Waals surface area contributed by atoms with Crippen LogP contribution in [0.25, 0.3) is 10.9 Å². The molecule has 5 heteroatoms. The molecule has 0 radical (unpaired) electrons. The van der Waals surface area contributed by atoms with Crippen LogP contribution in [0.1, 0.15) is 24.2 Å².